The van der Waals surface area contributed by atoms with Crippen LogP contribution in [0.25, 0.3) is 5.76 Å². The molecule has 5 nitrogen and oxygen atoms in total. The second-order valence-electron chi connectivity index (χ2n) is 9.41. The van der Waals surface area contributed by atoms with Gasteiger partial charge in [0.1, 0.15) is 11.5 Å². The van der Waals surface area contributed by atoms with E-state index in [2.05, 4.69) is 0 Å². The molecule has 1 heterocycles. The first-order chi connectivity index (χ1) is 16.6. The van der Waals surface area contributed by atoms with Crippen molar-refractivity contribution in [2.75, 3.05) is 12.0 Å². The first-order valence-electron chi connectivity index (χ1n) is 11.8. The number of ketones is 1. The standard InChI is InChI=1S/C30H31NO4/c1-17(2)23-16-24(20(5)15-25(23)35-6)28(32)26-27(21-10-8-7-9-11-21)31(30(34)29(26)33)22-13-12-18(3)19(4)14-22/h7-17,27,32H,1-6H3/b28-26+. The van der Waals surface area contributed by atoms with Crippen molar-refractivity contribution in [3.8, 4) is 5.75 Å². The van der Waals surface area contributed by atoms with Crippen molar-refractivity contribution < 1.29 is 19.4 Å². The van der Waals surface area contributed by atoms with Crippen molar-refractivity contribution >= 4 is 23.1 Å². The van der Waals surface area contributed by atoms with Crippen LogP contribution in [0, 0.1) is 20.8 Å². The summed E-state index contributed by atoms with van der Waals surface area (Å²) in [6.07, 6.45) is 0. The molecular formula is C30H31NO4. The number of methoxy groups -OCH3 is 1. The molecule has 0 aliphatic carbocycles. The van der Waals surface area contributed by atoms with Crippen LogP contribution in [0.4, 0.5) is 5.69 Å². The van der Waals surface area contributed by atoms with Gasteiger partial charge in [0.15, 0.2) is 0 Å². The molecule has 1 aliphatic rings. The van der Waals surface area contributed by atoms with Gasteiger partial charge >= 0.3 is 0 Å². The van der Waals surface area contributed by atoms with Crippen molar-refractivity contribution in [3.63, 3.8) is 0 Å². The molecule has 1 fully saturated rings. The van der Waals surface area contributed by atoms with E-state index >= 15 is 0 Å². The van der Waals surface area contributed by atoms with E-state index in [9.17, 15) is 14.7 Å². The van der Waals surface area contributed by atoms with Crippen LogP contribution in [0.2, 0.25) is 0 Å². The summed E-state index contributed by atoms with van der Waals surface area (Å²) >= 11 is 0. The van der Waals surface area contributed by atoms with Crippen LogP contribution >= 0.6 is 0 Å². The Morgan fingerprint density at radius 1 is 0.914 bits per heavy atom. The summed E-state index contributed by atoms with van der Waals surface area (Å²) in [6, 6.07) is 18.0. The molecule has 1 N–H and O–H groups in total. The Balaban J connectivity index is 1.98. The molecule has 4 rings (SSSR count). The van der Waals surface area contributed by atoms with Gasteiger partial charge in [0.25, 0.3) is 11.7 Å². The zero-order valence-electron chi connectivity index (χ0n) is 21.0. The third-order valence-electron chi connectivity index (χ3n) is 6.78. The Kier molecular flexibility index (Phi) is 6.53. The van der Waals surface area contributed by atoms with Gasteiger partial charge in [-0.1, -0.05) is 50.2 Å². The highest BCUT2D eigenvalue weighted by Crippen LogP contribution is 2.43. The van der Waals surface area contributed by atoms with Gasteiger partial charge < -0.3 is 9.84 Å². The zero-order valence-corrected chi connectivity index (χ0v) is 21.0. The first kappa shape index (κ1) is 24.3. The highest BCUT2D eigenvalue weighted by Gasteiger charge is 2.47. The molecule has 0 aromatic heterocycles. The number of aryl methyl sites for hydroxylation is 3. The molecule has 1 saturated heterocycles. The summed E-state index contributed by atoms with van der Waals surface area (Å²) < 4.78 is 5.55. The lowest BCUT2D eigenvalue weighted by atomic mass is 9.91. The van der Waals surface area contributed by atoms with Gasteiger partial charge in [-0.15, -0.1) is 0 Å². The average Bonchev–Trinajstić information content (AvgIpc) is 3.11. The average molecular weight is 470 g/mol. The summed E-state index contributed by atoms with van der Waals surface area (Å²) in [5.41, 5.74) is 5.77. The van der Waals surface area contributed by atoms with Gasteiger partial charge in [0, 0.05) is 11.3 Å². The highest BCUT2D eigenvalue weighted by molar-refractivity contribution is 6.51. The van der Waals surface area contributed by atoms with Crippen LogP contribution in [0.15, 0.2) is 66.2 Å². The predicted octanol–water partition coefficient (Wildman–Crippen LogP) is 6.37. The number of nitrogens with zero attached hydrogens (tertiary/aromatic N) is 1. The second kappa shape index (κ2) is 9.41. The molecule has 1 atom stereocenters. The largest absolute Gasteiger partial charge is 0.507 e. The number of hydrogen-bond donors (Lipinski definition) is 1. The van der Waals surface area contributed by atoms with E-state index in [1.807, 2.05) is 95.3 Å². The number of anilines is 1. The minimum Gasteiger partial charge on any atom is -0.507 e. The Morgan fingerprint density at radius 2 is 1.60 bits per heavy atom. The number of rotatable bonds is 5. The molecule has 0 spiro atoms. The molecule has 1 amide bonds. The molecule has 5 heteroatoms. The van der Waals surface area contributed by atoms with Gasteiger partial charge in [-0.25, -0.2) is 0 Å². The minimum atomic E-state index is -0.748. The number of amides is 1. The fourth-order valence-electron chi connectivity index (χ4n) is 4.65. The smallest absolute Gasteiger partial charge is 0.300 e. The molecule has 1 unspecified atom stereocenters. The van der Waals surface area contributed by atoms with Crippen molar-refractivity contribution in [3.05, 3.63) is 99.6 Å². The third kappa shape index (κ3) is 4.23. The van der Waals surface area contributed by atoms with E-state index < -0.39 is 17.7 Å². The number of hydrogen-bond acceptors (Lipinski definition) is 4. The topological polar surface area (TPSA) is 66.8 Å². The Morgan fingerprint density at radius 3 is 2.20 bits per heavy atom. The van der Waals surface area contributed by atoms with Crippen LogP contribution < -0.4 is 9.64 Å². The van der Waals surface area contributed by atoms with E-state index in [0.29, 0.717) is 11.3 Å². The van der Waals surface area contributed by atoms with Crippen molar-refractivity contribution in [2.45, 2.75) is 46.6 Å². The van der Waals surface area contributed by atoms with Gasteiger partial charge in [-0.05, 0) is 78.8 Å². The zero-order chi connectivity index (χ0) is 25.4. The van der Waals surface area contributed by atoms with Crippen LogP contribution in [0.3, 0.4) is 0 Å². The summed E-state index contributed by atoms with van der Waals surface area (Å²) in [5.74, 6) is -0.662. The molecule has 0 saturated carbocycles. The number of ether oxygens (including phenoxy) is 1. The number of Topliss-reactive ketones (excluding diaryl/α,β-unsaturated/α-hetero) is 1. The molecule has 0 bridgehead atoms. The van der Waals surface area contributed by atoms with E-state index in [1.54, 1.807) is 7.11 Å². The fourth-order valence-corrected chi connectivity index (χ4v) is 4.65. The first-order valence-corrected chi connectivity index (χ1v) is 11.8. The SMILES string of the molecule is COc1cc(C)c(/C(O)=C2\C(=O)C(=O)N(c3ccc(C)c(C)c3)C2c2ccccc2)cc1C(C)C. The van der Waals surface area contributed by atoms with E-state index in [0.717, 1.165) is 33.6 Å². The van der Waals surface area contributed by atoms with Crippen LogP contribution in [0.5, 0.6) is 5.75 Å². The molecular weight excluding hydrogens is 438 g/mol. The molecule has 1 aliphatic heterocycles. The van der Waals surface area contributed by atoms with Crippen molar-refractivity contribution in [2.24, 2.45) is 0 Å². The lowest BCUT2D eigenvalue weighted by molar-refractivity contribution is -0.132. The van der Waals surface area contributed by atoms with Crippen molar-refractivity contribution in [1.29, 1.82) is 0 Å². The molecule has 35 heavy (non-hydrogen) atoms. The van der Waals surface area contributed by atoms with E-state index in [4.69, 9.17) is 4.74 Å². The van der Waals surface area contributed by atoms with Gasteiger partial charge in [-0.2, -0.15) is 0 Å². The molecule has 3 aromatic carbocycles. The Labute approximate surface area is 206 Å². The number of carbonyl (C=O) groups excluding carboxylic acids is 2. The summed E-state index contributed by atoms with van der Waals surface area (Å²) in [6.45, 7) is 9.92. The number of benzene rings is 3. The van der Waals surface area contributed by atoms with E-state index in [-0.39, 0.29) is 17.3 Å². The fraction of sp³-hybridized carbons (Fsp3) is 0.267. The minimum absolute atomic E-state index is 0.0856. The number of aliphatic hydroxyl groups is 1. The quantitative estimate of drug-likeness (QED) is 0.268. The molecule has 180 valence electrons. The van der Waals surface area contributed by atoms with Crippen molar-refractivity contribution in [1.82, 2.24) is 0 Å². The maximum absolute atomic E-state index is 13.5. The summed E-state index contributed by atoms with van der Waals surface area (Å²) in [7, 11) is 1.62. The van der Waals surface area contributed by atoms with E-state index in [1.165, 1.54) is 4.90 Å². The third-order valence-corrected chi connectivity index (χ3v) is 6.78. The number of carbonyl (C=O) groups is 2. The lowest BCUT2D eigenvalue weighted by Gasteiger charge is -2.26. The predicted molar refractivity (Wildman–Crippen MR) is 139 cm³/mol. The summed E-state index contributed by atoms with van der Waals surface area (Å²) in [4.78, 5) is 28.4. The number of aliphatic hydroxyl groups excluding tert-OH is 1. The van der Waals surface area contributed by atoms with Gasteiger partial charge in [-0.3, -0.25) is 14.5 Å². The maximum atomic E-state index is 13.5. The maximum Gasteiger partial charge on any atom is 0.300 e. The molecule has 0 radical (unpaired) electrons. The van der Waals surface area contributed by atoms with Gasteiger partial charge in [0.2, 0.25) is 0 Å². The van der Waals surface area contributed by atoms with Crippen LogP contribution in [-0.2, 0) is 9.59 Å². The monoisotopic (exact) mass is 469 g/mol. The van der Waals surface area contributed by atoms with Gasteiger partial charge in [0.05, 0.1) is 18.7 Å². The normalized spacial score (nSPS) is 17.3. The Bertz CT molecular complexity index is 1340. The summed E-state index contributed by atoms with van der Waals surface area (Å²) in [5, 5.41) is 11.6. The van der Waals surface area contributed by atoms with Crippen LogP contribution in [-0.4, -0.2) is 23.9 Å². The highest BCUT2D eigenvalue weighted by atomic mass is 16.5. The van der Waals surface area contributed by atoms with Crippen LogP contribution in [0.1, 0.15) is 59.2 Å². The second-order valence-corrected chi connectivity index (χ2v) is 9.41. The lowest BCUT2D eigenvalue weighted by Crippen LogP contribution is -2.29. The molecule has 3 aromatic rings. The Hall–Kier alpha value is -3.86.